The number of halogens is 1. The Morgan fingerprint density at radius 2 is 1.58 bits per heavy atom. The van der Waals surface area contributed by atoms with Gasteiger partial charge in [-0.15, -0.1) is 0 Å². The van der Waals surface area contributed by atoms with Gasteiger partial charge in [-0.05, 0) is 36.4 Å². The molecule has 0 saturated heterocycles. The third-order valence-electron chi connectivity index (χ3n) is 4.06. The molecule has 0 N–H and O–H groups in total. The highest BCUT2D eigenvalue weighted by atomic mass is 19.1. The highest BCUT2D eigenvalue weighted by Crippen LogP contribution is 2.35. The molecule has 0 radical (unpaired) electrons. The summed E-state index contributed by atoms with van der Waals surface area (Å²) in [6.45, 7) is 0. The van der Waals surface area contributed by atoms with Crippen molar-refractivity contribution >= 4 is 27.8 Å². The number of fused-ring (bicyclic) bond motifs is 3. The number of pyridine rings is 1. The van der Waals surface area contributed by atoms with E-state index in [2.05, 4.69) is 4.98 Å². The van der Waals surface area contributed by atoms with Gasteiger partial charge in [0.05, 0.1) is 10.9 Å². The molecule has 26 heavy (non-hydrogen) atoms. The van der Waals surface area contributed by atoms with Gasteiger partial charge < -0.3 is 13.7 Å². The zero-order valence-corrected chi connectivity index (χ0v) is 13.9. The molecular weight excluding hydrogens is 339 g/mol. The Morgan fingerprint density at radius 1 is 0.923 bits per heavy atom. The maximum absolute atomic E-state index is 13.3. The third kappa shape index (κ3) is 2.45. The first-order valence-electron chi connectivity index (χ1n) is 7.79. The van der Waals surface area contributed by atoms with Gasteiger partial charge in [0.2, 0.25) is 5.58 Å². The minimum Gasteiger partial charge on any atom is -0.413 e. The second kappa shape index (κ2) is 5.80. The molecule has 0 aliphatic rings. The quantitative estimate of drug-likeness (QED) is 0.407. The molecule has 6 nitrogen and oxygen atoms in total. The number of benzene rings is 2. The number of nitrogens with zero attached hydrogens (tertiary/aromatic N) is 2. The van der Waals surface area contributed by atoms with Gasteiger partial charge in [-0.3, -0.25) is 0 Å². The summed E-state index contributed by atoms with van der Waals surface area (Å²) in [7, 11) is 3.68. The molecule has 7 heteroatoms. The molecule has 4 rings (SSSR count). The predicted molar refractivity (Wildman–Crippen MR) is 96.0 cm³/mol. The van der Waals surface area contributed by atoms with Crippen molar-refractivity contribution in [2.75, 3.05) is 19.0 Å². The highest BCUT2D eigenvalue weighted by molar-refractivity contribution is 6.11. The molecule has 130 valence electrons. The van der Waals surface area contributed by atoms with Crippen LogP contribution in [0.15, 0.2) is 60.9 Å². The van der Waals surface area contributed by atoms with E-state index in [1.54, 1.807) is 6.07 Å². The van der Waals surface area contributed by atoms with Gasteiger partial charge in [-0.1, -0.05) is 6.07 Å². The van der Waals surface area contributed by atoms with Crippen LogP contribution in [0.4, 0.5) is 10.1 Å². The minimum absolute atomic E-state index is 0.0445. The molecule has 0 fully saturated rings. The summed E-state index contributed by atoms with van der Waals surface area (Å²) in [5, 5.41) is 0.555. The number of anilines is 1. The normalized spacial score (nSPS) is 11.2. The van der Waals surface area contributed by atoms with Gasteiger partial charge in [-0.25, -0.2) is 19.0 Å². The zero-order chi connectivity index (χ0) is 18.4. The van der Waals surface area contributed by atoms with Crippen molar-refractivity contribution in [3.8, 4) is 11.3 Å². The molecular formula is C19H13FN2O4. The maximum Gasteiger partial charge on any atom is 0.423 e. The van der Waals surface area contributed by atoms with Crippen LogP contribution in [0.25, 0.3) is 33.3 Å². The van der Waals surface area contributed by atoms with Gasteiger partial charge in [0, 0.05) is 25.3 Å². The van der Waals surface area contributed by atoms with Gasteiger partial charge >= 0.3 is 11.3 Å². The van der Waals surface area contributed by atoms with Crippen molar-refractivity contribution < 1.29 is 13.2 Å². The molecule has 0 spiro atoms. The van der Waals surface area contributed by atoms with Crippen molar-refractivity contribution in [1.82, 2.24) is 4.98 Å². The second-order valence-corrected chi connectivity index (χ2v) is 5.97. The van der Waals surface area contributed by atoms with Crippen molar-refractivity contribution in [1.29, 1.82) is 0 Å². The summed E-state index contributed by atoms with van der Waals surface area (Å²) in [4.78, 5) is 30.0. The van der Waals surface area contributed by atoms with Crippen LogP contribution in [0, 0.1) is 5.82 Å². The Morgan fingerprint density at radius 3 is 2.23 bits per heavy atom. The Bertz CT molecular complexity index is 1260. The molecule has 2 heterocycles. The van der Waals surface area contributed by atoms with E-state index < -0.39 is 17.1 Å². The molecule has 4 aromatic rings. The average molecular weight is 352 g/mol. The van der Waals surface area contributed by atoms with Crippen LogP contribution < -0.4 is 16.2 Å². The van der Waals surface area contributed by atoms with Gasteiger partial charge in [0.15, 0.2) is 5.58 Å². The minimum atomic E-state index is -1.12. The number of hydrogen-bond donors (Lipinski definition) is 0. The van der Waals surface area contributed by atoms with Crippen LogP contribution >= 0.6 is 0 Å². The van der Waals surface area contributed by atoms with Crippen LogP contribution in [-0.4, -0.2) is 19.1 Å². The van der Waals surface area contributed by atoms with E-state index in [1.807, 2.05) is 31.1 Å². The average Bonchev–Trinajstić information content (AvgIpc) is 2.62. The summed E-state index contributed by atoms with van der Waals surface area (Å²) in [5.74, 6) is -0.401. The smallest absolute Gasteiger partial charge is 0.413 e. The topological polar surface area (TPSA) is 76.6 Å². The van der Waals surface area contributed by atoms with E-state index in [9.17, 15) is 14.0 Å². The summed E-state index contributed by atoms with van der Waals surface area (Å²) in [5.41, 5.74) is 0.0942. The molecule has 0 saturated carbocycles. The Kier molecular flexibility index (Phi) is 3.57. The predicted octanol–water partition coefficient (Wildman–Crippen LogP) is 3.17. The van der Waals surface area contributed by atoms with Crippen LogP contribution in [0.2, 0.25) is 0 Å². The van der Waals surface area contributed by atoms with Gasteiger partial charge in [0.25, 0.3) is 0 Å². The maximum atomic E-state index is 13.3. The van der Waals surface area contributed by atoms with Gasteiger partial charge in [-0.2, -0.15) is 0 Å². The molecule has 2 aromatic heterocycles. The molecule has 0 aliphatic carbocycles. The lowest BCUT2D eigenvalue weighted by Crippen LogP contribution is -2.21. The first-order chi connectivity index (χ1) is 12.5. The fourth-order valence-corrected chi connectivity index (χ4v) is 2.88. The largest absolute Gasteiger partial charge is 0.423 e. The Balaban J connectivity index is 2.23. The lowest BCUT2D eigenvalue weighted by atomic mass is 10.1. The molecule has 0 aliphatic heterocycles. The SMILES string of the molecule is CN(C)c1cccc2nc(-c3ccc(F)cc3)c3oc(=O)c(=O)oc3c12. The Hall–Kier alpha value is -3.48. The lowest BCUT2D eigenvalue weighted by molar-refractivity contribution is 0.450. The van der Waals surface area contributed by atoms with Crippen molar-refractivity contribution in [3.05, 3.63) is 69.1 Å². The lowest BCUT2D eigenvalue weighted by Gasteiger charge is -2.16. The highest BCUT2D eigenvalue weighted by Gasteiger charge is 2.19. The number of aromatic nitrogens is 1. The van der Waals surface area contributed by atoms with E-state index in [4.69, 9.17) is 8.83 Å². The zero-order valence-electron chi connectivity index (χ0n) is 13.9. The van der Waals surface area contributed by atoms with E-state index in [0.717, 1.165) is 5.69 Å². The van der Waals surface area contributed by atoms with Crippen LogP contribution in [0.3, 0.4) is 0 Å². The monoisotopic (exact) mass is 352 g/mol. The third-order valence-corrected chi connectivity index (χ3v) is 4.06. The van der Waals surface area contributed by atoms with E-state index in [0.29, 0.717) is 22.2 Å². The number of rotatable bonds is 2. The fourth-order valence-electron chi connectivity index (χ4n) is 2.88. The summed E-state index contributed by atoms with van der Waals surface area (Å²) >= 11 is 0. The van der Waals surface area contributed by atoms with Crippen molar-refractivity contribution in [3.63, 3.8) is 0 Å². The second-order valence-electron chi connectivity index (χ2n) is 5.97. The van der Waals surface area contributed by atoms with Crippen molar-refractivity contribution in [2.45, 2.75) is 0 Å². The van der Waals surface area contributed by atoms with Crippen LogP contribution in [0.5, 0.6) is 0 Å². The number of hydrogen-bond acceptors (Lipinski definition) is 6. The van der Waals surface area contributed by atoms with E-state index in [1.165, 1.54) is 24.3 Å². The molecule has 0 unspecified atom stereocenters. The van der Waals surface area contributed by atoms with Crippen LogP contribution in [0.1, 0.15) is 0 Å². The molecule has 0 bridgehead atoms. The summed E-state index contributed by atoms with van der Waals surface area (Å²) in [6, 6.07) is 11.0. The Labute approximate surface area is 146 Å². The summed E-state index contributed by atoms with van der Waals surface area (Å²) < 4.78 is 23.8. The summed E-state index contributed by atoms with van der Waals surface area (Å²) in [6.07, 6.45) is 0. The first kappa shape index (κ1) is 16.0. The molecule has 0 atom stereocenters. The van der Waals surface area contributed by atoms with Crippen LogP contribution in [-0.2, 0) is 0 Å². The van der Waals surface area contributed by atoms with Gasteiger partial charge in [0.1, 0.15) is 11.5 Å². The molecule has 0 amide bonds. The standard InChI is InChI=1S/C19H13FN2O4/c1-22(2)13-5-3-4-12-14(13)16-17(26-19(24)18(23)25-16)15(21-12)10-6-8-11(20)9-7-10/h3-9H,1-2H3. The van der Waals surface area contributed by atoms with E-state index in [-0.39, 0.29) is 11.2 Å². The molecule has 2 aromatic carbocycles. The van der Waals surface area contributed by atoms with Crippen molar-refractivity contribution in [2.24, 2.45) is 0 Å². The fraction of sp³-hybridized carbons (Fsp3) is 0.105. The van der Waals surface area contributed by atoms with E-state index >= 15 is 0 Å². The first-order valence-corrected chi connectivity index (χ1v) is 7.79.